The molecule has 0 spiro atoms. The standard InChI is InChI=1S/C10H19N.Y/c1-4-5-9-6-7-11-10(2,3)8-9;/h11H,1,4-8H2,2-3H3;/q-2;. The van der Waals surface area contributed by atoms with Gasteiger partial charge in [0.1, 0.15) is 0 Å². The third-order valence-corrected chi connectivity index (χ3v) is 2.30. The molecule has 0 aromatic heterocycles. The maximum absolute atomic E-state index is 3.89. The maximum atomic E-state index is 3.89. The van der Waals surface area contributed by atoms with Gasteiger partial charge in [0.05, 0.1) is 0 Å². The Kier molecular flexibility index (Phi) is 6.23. The molecule has 12 heavy (non-hydrogen) atoms. The van der Waals surface area contributed by atoms with Crippen molar-refractivity contribution in [1.82, 2.24) is 5.32 Å². The van der Waals surface area contributed by atoms with Gasteiger partial charge in [-0.3, -0.25) is 0 Å². The summed E-state index contributed by atoms with van der Waals surface area (Å²) in [6.07, 6.45) is 4.79. The van der Waals surface area contributed by atoms with E-state index in [4.69, 9.17) is 0 Å². The van der Waals surface area contributed by atoms with E-state index in [9.17, 15) is 0 Å². The molecule has 0 aromatic carbocycles. The first-order chi connectivity index (χ1) is 5.14. The Morgan fingerprint density at radius 2 is 2.17 bits per heavy atom. The SMILES string of the molecule is [CH2-]CC[C-]1CCNC(C)(C)C1.[Y]. The second kappa shape index (κ2) is 5.72. The molecule has 1 aliphatic rings. The minimum atomic E-state index is 0. The van der Waals surface area contributed by atoms with E-state index < -0.39 is 0 Å². The summed E-state index contributed by atoms with van der Waals surface area (Å²) >= 11 is 0. The summed E-state index contributed by atoms with van der Waals surface area (Å²) in [5.74, 6) is 1.70. The fourth-order valence-electron chi connectivity index (χ4n) is 1.82. The predicted octanol–water partition coefficient (Wildman–Crippen LogP) is 2.33. The molecule has 1 rings (SSSR count). The van der Waals surface area contributed by atoms with Crippen molar-refractivity contribution in [2.45, 2.75) is 45.1 Å². The molecule has 1 fully saturated rings. The van der Waals surface area contributed by atoms with E-state index in [1.165, 1.54) is 19.3 Å². The van der Waals surface area contributed by atoms with Crippen LogP contribution in [0.3, 0.4) is 0 Å². The van der Waals surface area contributed by atoms with Crippen LogP contribution in [0.25, 0.3) is 0 Å². The molecule has 1 nitrogen and oxygen atoms in total. The van der Waals surface area contributed by atoms with Crippen LogP contribution >= 0.6 is 0 Å². The van der Waals surface area contributed by atoms with Crippen LogP contribution in [0.2, 0.25) is 0 Å². The smallest absolute Gasteiger partial charge is 0 e. The van der Waals surface area contributed by atoms with Crippen molar-refractivity contribution < 1.29 is 32.7 Å². The summed E-state index contributed by atoms with van der Waals surface area (Å²) in [7, 11) is 0. The predicted molar refractivity (Wildman–Crippen MR) is 49.1 cm³/mol. The normalized spacial score (nSPS) is 23.2. The Hall–Kier alpha value is 1.06. The average molecular weight is 242 g/mol. The minimum Gasteiger partial charge on any atom is -0.346 e. The van der Waals surface area contributed by atoms with Gasteiger partial charge in [-0.1, -0.05) is 0 Å². The van der Waals surface area contributed by atoms with Gasteiger partial charge >= 0.3 is 0 Å². The first kappa shape index (κ1) is 13.1. The summed E-state index contributed by atoms with van der Waals surface area (Å²) in [6, 6.07) is 0. The number of hydrogen-bond donors (Lipinski definition) is 1. The van der Waals surface area contributed by atoms with Gasteiger partial charge in [-0.2, -0.15) is 12.8 Å². The Labute approximate surface area is 102 Å². The fourth-order valence-corrected chi connectivity index (χ4v) is 1.82. The first-order valence-electron chi connectivity index (χ1n) is 4.52. The van der Waals surface area contributed by atoms with E-state index >= 15 is 0 Å². The number of piperidine rings is 1. The zero-order chi connectivity index (χ0) is 8.32. The van der Waals surface area contributed by atoms with Crippen molar-refractivity contribution in [3.05, 3.63) is 12.8 Å². The summed E-state index contributed by atoms with van der Waals surface area (Å²) in [4.78, 5) is 0. The summed E-state index contributed by atoms with van der Waals surface area (Å²) < 4.78 is 0. The van der Waals surface area contributed by atoms with E-state index in [2.05, 4.69) is 26.1 Å². The summed E-state index contributed by atoms with van der Waals surface area (Å²) in [6.45, 7) is 9.59. The van der Waals surface area contributed by atoms with Crippen molar-refractivity contribution in [3.8, 4) is 0 Å². The zero-order valence-electron chi connectivity index (χ0n) is 8.32. The van der Waals surface area contributed by atoms with Crippen LogP contribution in [0.15, 0.2) is 0 Å². The van der Waals surface area contributed by atoms with Crippen LogP contribution in [-0.2, 0) is 32.7 Å². The van der Waals surface area contributed by atoms with Gasteiger partial charge in [0.25, 0.3) is 0 Å². The first-order valence-corrected chi connectivity index (χ1v) is 4.52. The molecule has 0 atom stereocenters. The molecule has 1 N–H and O–H groups in total. The molecule has 1 radical (unpaired) electrons. The maximum Gasteiger partial charge on any atom is 0 e. The Bertz CT molecular complexity index is 121. The minimum absolute atomic E-state index is 0. The van der Waals surface area contributed by atoms with Gasteiger partial charge in [0.15, 0.2) is 0 Å². The van der Waals surface area contributed by atoms with Gasteiger partial charge in [-0.05, 0) is 25.9 Å². The van der Waals surface area contributed by atoms with E-state index in [1.54, 1.807) is 5.92 Å². The van der Waals surface area contributed by atoms with Gasteiger partial charge in [-0.15, -0.1) is 0 Å². The van der Waals surface area contributed by atoms with Gasteiger partial charge < -0.3 is 18.2 Å². The third kappa shape index (κ3) is 4.34. The van der Waals surface area contributed by atoms with Crippen molar-refractivity contribution in [2.75, 3.05) is 6.54 Å². The van der Waals surface area contributed by atoms with Crippen molar-refractivity contribution in [1.29, 1.82) is 0 Å². The van der Waals surface area contributed by atoms with E-state index in [-0.39, 0.29) is 32.7 Å². The fraction of sp³-hybridized carbons (Fsp3) is 0.800. The molecule has 0 aliphatic carbocycles. The van der Waals surface area contributed by atoms with Crippen LogP contribution in [0.5, 0.6) is 0 Å². The molecule has 0 bridgehead atoms. The Morgan fingerprint density at radius 1 is 1.50 bits per heavy atom. The van der Waals surface area contributed by atoms with Gasteiger partial charge in [0, 0.05) is 32.7 Å². The molecular formula is C10H19NY-2. The molecule has 2 heteroatoms. The Balaban J connectivity index is 0.00000121. The molecular weight excluding hydrogens is 223 g/mol. The molecule has 69 valence electrons. The van der Waals surface area contributed by atoms with Crippen molar-refractivity contribution in [2.24, 2.45) is 0 Å². The number of hydrogen-bond acceptors (Lipinski definition) is 1. The van der Waals surface area contributed by atoms with Crippen LogP contribution in [-0.4, -0.2) is 12.1 Å². The molecule has 0 unspecified atom stereocenters. The number of nitrogens with one attached hydrogen (secondary N) is 1. The second-order valence-corrected chi connectivity index (χ2v) is 4.09. The summed E-state index contributed by atoms with van der Waals surface area (Å²) in [5.41, 5.74) is 0.336. The average Bonchev–Trinajstić information content (AvgIpc) is 1.85. The topological polar surface area (TPSA) is 12.0 Å². The molecule has 0 aromatic rings. The molecule has 0 saturated carbocycles. The zero-order valence-corrected chi connectivity index (χ0v) is 11.2. The van der Waals surface area contributed by atoms with Gasteiger partial charge in [-0.25, -0.2) is 12.8 Å². The van der Waals surface area contributed by atoms with E-state index in [1.807, 2.05) is 0 Å². The molecule has 1 saturated heterocycles. The van der Waals surface area contributed by atoms with Crippen molar-refractivity contribution >= 4 is 0 Å². The molecule has 1 heterocycles. The molecule has 1 aliphatic heterocycles. The van der Waals surface area contributed by atoms with Gasteiger partial charge in [0.2, 0.25) is 0 Å². The third-order valence-electron chi connectivity index (χ3n) is 2.30. The summed E-state index contributed by atoms with van der Waals surface area (Å²) in [5, 5.41) is 3.51. The van der Waals surface area contributed by atoms with E-state index in [0.717, 1.165) is 13.0 Å². The Morgan fingerprint density at radius 3 is 2.67 bits per heavy atom. The monoisotopic (exact) mass is 242 g/mol. The van der Waals surface area contributed by atoms with E-state index in [0.29, 0.717) is 5.54 Å². The largest absolute Gasteiger partial charge is 0.346 e. The quantitative estimate of drug-likeness (QED) is 0.733. The second-order valence-electron chi connectivity index (χ2n) is 4.09. The molecule has 0 amide bonds. The van der Waals surface area contributed by atoms with Crippen LogP contribution < -0.4 is 5.32 Å². The van der Waals surface area contributed by atoms with Crippen LogP contribution in [0.1, 0.15) is 39.5 Å². The van der Waals surface area contributed by atoms with Crippen molar-refractivity contribution in [3.63, 3.8) is 0 Å². The number of rotatable bonds is 2. The van der Waals surface area contributed by atoms with Crippen LogP contribution in [0, 0.1) is 12.8 Å². The van der Waals surface area contributed by atoms with Crippen LogP contribution in [0.4, 0.5) is 0 Å².